The lowest BCUT2D eigenvalue weighted by atomic mass is 10.1. The van der Waals surface area contributed by atoms with E-state index in [1.54, 1.807) is 22.3 Å². The van der Waals surface area contributed by atoms with Crippen molar-refractivity contribution in [1.29, 1.82) is 0 Å². The maximum atomic E-state index is 13.1. The first-order chi connectivity index (χ1) is 12.6. The van der Waals surface area contributed by atoms with Crippen LogP contribution in [0.3, 0.4) is 0 Å². The lowest BCUT2D eigenvalue weighted by Crippen LogP contribution is -2.32. The van der Waals surface area contributed by atoms with Gasteiger partial charge < -0.3 is 0 Å². The molecule has 0 unspecified atom stereocenters. The van der Waals surface area contributed by atoms with E-state index in [0.29, 0.717) is 16.6 Å². The van der Waals surface area contributed by atoms with Gasteiger partial charge in [0.2, 0.25) is 0 Å². The maximum Gasteiger partial charge on any atom is 0.282 e. The van der Waals surface area contributed by atoms with Crippen LogP contribution in [-0.4, -0.2) is 11.7 Å². The molecule has 0 bridgehead atoms. The summed E-state index contributed by atoms with van der Waals surface area (Å²) in [7, 11) is 0. The van der Waals surface area contributed by atoms with Crippen LogP contribution in [0.5, 0.6) is 0 Å². The second kappa shape index (κ2) is 7.19. The lowest BCUT2D eigenvalue weighted by Gasteiger charge is -2.19. The third-order valence-corrected chi connectivity index (χ3v) is 5.51. The molecule has 1 amide bonds. The number of aliphatic imine (C=N–C) groups is 1. The summed E-state index contributed by atoms with van der Waals surface area (Å²) in [4.78, 5) is 20.3. The highest BCUT2D eigenvalue weighted by Crippen LogP contribution is 2.31. The van der Waals surface area contributed by atoms with Gasteiger partial charge in [0.1, 0.15) is 11.5 Å². The Labute approximate surface area is 168 Å². The fourth-order valence-corrected chi connectivity index (χ4v) is 3.96. The fourth-order valence-electron chi connectivity index (χ4n) is 2.70. The minimum atomic E-state index is -0.175. The highest BCUT2D eigenvalue weighted by molar-refractivity contribution is 9.10. The van der Waals surface area contributed by atoms with Crippen molar-refractivity contribution in [1.82, 2.24) is 0 Å². The number of thiophene rings is 1. The van der Waals surface area contributed by atoms with Gasteiger partial charge in [-0.15, -0.1) is 11.3 Å². The van der Waals surface area contributed by atoms with Gasteiger partial charge in [-0.3, -0.25) is 9.69 Å². The minimum Gasteiger partial charge on any atom is -0.266 e. The largest absolute Gasteiger partial charge is 0.282 e. The number of benzene rings is 2. The Morgan fingerprint density at radius 3 is 2.65 bits per heavy atom. The molecule has 0 saturated heterocycles. The third-order valence-electron chi connectivity index (χ3n) is 3.86. The van der Waals surface area contributed by atoms with Crippen LogP contribution in [0.1, 0.15) is 10.4 Å². The Balaban J connectivity index is 1.87. The molecule has 0 spiro atoms. The van der Waals surface area contributed by atoms with E-state index in [4.69, 9.17) is 11.6 Å². The molecule has 0 aliphatic carbocycles. The summed E-state index contributed by atoms with van der Waals surface area (Å²) in [5.41, 5.74) is 1.84. The maximum absolute atomic E-state index is 13.1. The first-order valence-corrected chi connectivity index (χ1v) is 9.87. The molecule has 26 heavy (non-hydrogen) atoms. The Kier molecular flexibility index (Phi) is 4.76. The summed E-state index contributed by atoms with van der Waals surface area (Å²) >= 11 is 11.4. The summed E-state index contributed by atoms with van der Waals surface area (Å²) in [5.74, 6) is 0.355. The minimum absolute atomic E-state index is 0.175. The third kappa shape index (κ3) is 3.26. The van der Waals surface area contributed by atoms with Gasteiger partial charge in [0.25, 0.3) is 5.91 Å². The van der Waals surface area contributed by atoms with Gasteiger partial charge in [0.05, 0.1) is 10.7 Å². The standard InChI is InChI=1S/C20H12BrClN2OS/c21-13-5-3-6-14(11-13)24-19(16-8-1-2-9-17(16)22)23-18(20(24)25)12-15-7-4-10-26-15/h1-12H/b18-12+. The lowest BCUT2D eigenvalue weighted by molar-refractivity contribution is -0.113. The Hall–Kier alpha value is -2.21. The monoisotopic (exact) mass is 442 g/mol. The second-order valence-corrected chi connectivity index (χ2v) is 7.88. The first-order valence-electron chi connectivity index (χ1n) is 7.82. The summed E-state index contributed by atoms with van der Waals surface area (Å²) in [5, 5.41) is 2.52. The number of amidine groups is 1. The average molecular weight is 444 g/mol. The summed E-state index contributed by atoms with van der Waals surface area (Å²) in [6, 6.07) is 18.9. The molecular weight excluding hydrogens is 432 g/mol. The van der Waals surface area contributed by atoms with Gasteiger partial charge >= 0.3 is 0 Å². The van der Waals surface area contributed by atoms with Crippen LogP contribution in [0.15, 0.2) is 81.2 Å². The van der Waals surface area contributed by atoms with Crippen LogP contribution in [-0.2, 0) is 4.79 Å². The van der Waals surface area contributed by atoms with Crippen LogP contribution in [0, 0.1) is 0 Å². The van der Waals surface area contributed by atoms with Gasteiger partial charge in [-0.2, -0.15) is 0 Å². The molecule has 2 heterocycles. The number of nitrogens with zero attached hydrogens (tertiary/aromatic N) is 2. The predicted octanol–water partition coefficient (Wildman–Crippen LogP) is 6.00. The number of amides is 1. The number of carbonyl (C=O) groups excluding carboxylic acids is 1. The van der Waals surface area contributed by atoms with Crippen molar-refractivity contribution in [3.8, 4) is 0 Å². The highest BCUT2D eigenvalue weighted by atomic mass is 79.9. The van der Waals surface area contributed by atoms with E-state index >= 15 is 0 Å². The summed E-state index contributed by atoms with van der Waals surface area (Å²) in [6.45, 7) is 0. The van der Waals surface area contributed by atoms with Gasteiger partial charge in [-0.25, -0.2) is 4.99 Å². The molecule has 1 aliphatic heterocycles. The van der Waals surface area contributed by atoms with Crippen molar-refractivity contribution in [2.24, 2.45) is 4.99 Å². The van der Waals surface area contributed by atoms with E-state index in [9.17, 15) is 4.79 Å². The van der Waals surface area contributed by atoms with E-state index < -0.39 is 0 Å². The zero-order chi connectivity index (χ0) is 18.1. The molecule has 3 aromatic rings. The second-order valence-electron chi connectivity index (χ2n) is 5.58. The van der Waals surface area contributed by atoms with Crippen LogP contribution in [0.4, 0.5) is 5.69 Å². The molecule has 0 fully saturated rings. The van der Waals surface area contributed by atoms with Gasteiger partial charge in [-0.1, -0.05) is 51.8 Å². The van der Waals surface area contributed by atoms with E-state index in [-0.39, 0.29) is 5.91 Å². The van der Waals surface area contributed by atoms with Crippen molar-refractivity contribution in [2.45, 2.75) is 0 Å². The zero-order valence-electron chi connectivity index (χ0n) is 13.4. The number of anilines is 1. The molecule has 1 aliphatic rings. The highest BCUT2D eigenvalue weighted by Gasteiger charge is 2.33. The molecule has 128 valence electrons. The van der Waals surface area contributed by atoms with Crippen molar-refractivity contribution in [3.63, 3.8) is 0 Å². The molecule has 1 aromatic heterocycles. The molecule has 6 heteroatoms. The average Bonchev–Trinajstić information content (AvgIpc) is 3.24. The smallest absolute Gasteiger partial charge is 0.266 e. The quantitative estimate of drug-likeness (QED) is 0.457. The van der Waals surface area contributed by atoms with Gasteiger partial charge in [0.15, 0.2) is 0 Å². The Bertz CT molecular complexity index is 1040. The molecule has 0 N–H and O–H groups in total. The molecule has 2 aromatic carbocycles. The van der Waals surface area contributed by atoms with Crippen molar-refractivity contribution >= 4 is 62.4 Å². The van der Waals surface area contributed by atoms with E-state index in [1.807, 2.05) is 66.1 Å². The normalized spacial score (nSPS) is 15.6. The van der Waals surface area contributed by atoms with E-state index in [2.05, 4.69) is 20.9 Å². The Morgan fingerprint density at radius 2 is 1.92 bits per heavy atom. The van der Waals surface area contributed by atoms with E-state index in [1.165, 1.54) is 0 Å². The molecular formula is C20H12BrClN2OS. The molecule has 0 radical (unpaired) electrons. The van der Waals surface area contributed by atoms with Crippen molar-refractivity contribution < 1.29 is 4.79 Å². The number of rotatable bonds is 3. The number of carbonyl (C=O) groups is 1. The first kappa shape index (κ1) is 17.2. The van der Waals surface area contributed by atoms with Crippen LogP contribution in [0.2, 0.25) is 5.02 Å². The van der Waals surface area contributed by atoms with Crippen molar-refractivity contribution in [2.75, 3.05) is 4.90 Å². The predicted molar refractivity (Wildman–Crippen MR) is 112 cm³/mol. The molecule has 3 nitrogen and oxygen atoms in total. The topological polar surface area (TPSA) is 32.7 Å². The zero-order valence-corrected chi connectivity index (χ0v) is 16.6. The van der Waals surface area contributed by atoms with Gasteiger partial charge in [0, 0.05) is 14.9 Å². The van der Waals surface area contributed by atoms with E-state index in [0.717, 1.165) is 20.6 Å². The Morgan fingerprint density at radius 1 is 1.08 bits per heavy atom. The van der Waals surface area contributed by atoms with Crippen LogP contribution in [0.25, 0.3) is 6.08 Å². The van der Waals surface area contributed by atoms with Crippen LogP contribution >= 0.6 is 38.9 Å². The number of halogens is 2. The fraction of sp³-hybridized carbons (Fsp3) is 0. The summed E-state index contributed by atoms with van der Waals surface area (Å²) < 4.78 is 0.886. The van der Waals surface area contributed by atoms with Crippen LogP contribution < -0.4 is 4.90 Å². The molecule has 0 atom stereocenters. The number of hydrogen-bond acceptors (Lipinski definition) is 3. The SMILES string of the molecule is O=C1/C(=C\c2cccs2)N=C(c2ccccc2Cl)N1c1cccc(Br)c1. The number of hydrogen-bond donors (Lipinski definition) is 0. The van der Waals surface area contributed by atoms with Gasteiger partial charge in [-0.05, 0) is 47.9 Å². The summed E-state index contributed by atoms with van der Waals surface area (Å²) in [6.07, 6.45) is 1.81. The molecule has 4 rings (SSSR count). The molecule has 0 saturated carbocycles. The van der Waals surface area contributed by atoms with Crippen molar-refractivity contribution in [3.05, 3.63) is 91.7 Å².